The first kappa shape index (κ1) is 17.3. The van der Waals surface area contributed by atoms with E-state index in [4.69, 9.17) is 0 Å². The monoisotopic (exact) mass is 364 g/mol. The Morgan fingerprint density at radius 1 is 1.07 bits per heavy atom. The number of benzene rings is 1. The van der Waals surface area contributed by atoms with Crippen LogP contribution in [0.2, 0.25) is 0 Å². The minimum absolute atomic E-state index is 0.0806. The number of hydrogen-bond acceptors (Lipinski definition) is 1. The molecule has 0 saturated heterocycles. The number of nitrogens with zero attached hydrogens (tertiary/aromatic N) is 1. The van der Waals surface area contributed by atoms with Crippen LogP contribution in [-0.2, 0) is 6.54 Å². The lowest BCUT2D eigenvalue weighted by Gasteiger charge is -2.56. The summed E-state index contributed by atoms with van der Waals surface area (Å²) in [7, 11) is 0. The fourth-order valence-corrected chi connectivity index (χ4v) is 6.72. The maximum atomic E-state index is 13.4. The topological polar surface area (TPSA) is 34.0 Å². The summed E-state index contributed by atoms with van der Waals surface area (Å²) in [5.74, 6) is 2.72. The standard InChI is InChI=1S/C24H32N2O/c1-2-3-6-9-26-16-21(20-7-4-5-8-22(20)26)23(27)25-24-13-17-10-18(14-24)12-19(11-17)15-24/h4-5,7-8,16-19H,2-3,6,9-15H2,1H3,(H,25,27). The Morgan fingerprint density at radius 2 is 1.74 bits per heavy atom. The summed E-state index contributed by atoms with van der Waals surface area (Å²) in [6.45, 7) is 3.23. The Kier molecular flexibility index (Phi) is 4.29. The molecule has 1 heterocycles. The summed E-state index contributed by atoms with van der Waals surface area (Å²) < 4.78 is 2.29. The lowest BCUT2D eigenvalue weighted by Crippen LogP contribution is -2.59. The number of aryl methyl sites for hydroxylation is 1. The van der Waals surface area contributed by atoms with Crippen molar-refractivity contribution in [2.24, 2.45) is 17.8 Å². The van der Waals surface area contributed by atoms with Crippen LogP contribution in [0.1, 0.15) is 75.1 Å². The van der Waals surface area contributed by atoms with Gasteiger partial charge in [0.2, 0.25) is 0 Å². The number of rotatable bonds is 6. The normalized spacial score (nSPS) is 31.5. The van der Waals surface area contributed by atoms with Crippen LogP contribution in [0, 0.1) is 17.8 Å². The Bertz CT molecular complexity index is 814. The summed E-state index contributed by atoms with van der Waals surface area (Å²) in [6, 6.07) is 8.41. The highest BCUT2D eigenvalue weighted by molar-refractivity contribution is 6.07. The van der Waals surface area contributed by atoms with Crippen LogP contribution in [0.25, 0.3) is 10.9 Å². The minimum Gasteiger partial charge on any atom is -0.347 e. The zero-order valence-corrected chi connectivity index (χ0v) is 16.5. The van der Waals surface area contributed by atoms with E-state index >= 15 is 0 Å². The van der Waals surface area contributed by atoms with E-state index in [-0.39, 0.29) is 11.4 Å². The van der Waals surface area contributed by atoms with Gasteiger partial charge >= 0.3 is 0 Å². The van der Waals surface area contributed by atoms with E-state index in [2.05, 4.69) is 47.3 Å². The zero-order valence-electron chi connectivity index (χ0n) is 16.5. The Labute approximate surface area is 162 Å². The molecular formula is C24H32N2O. The van der Waals surface area contributed by atoms with Crippen LogP contribution in [0.3, 0.4) is 0 Å². The number of aromatic nitrogens is 1. The molecule has 4 saturated carbocycles. The molecule has 6 rings (SSSR count). The van der Waals surface area contributed by atoms with Crippen LogP contribution >= 0.6 is 0 Å². The largest absolute Gasteiger partial charge is 0.347 e. The quantitative estimate of drug-likeness (QED) is 0.672. The second kappa shape index (κ2) is 6.68. The molecule has 144 valence electrons. The third-order valence-electron chi connectivity index (χ3n) is 7.45. The van der Waals surface area contributed by atoms with Gasteiger partial charge in [-0.2, -0.15) is 0 Å². The molecule has 4 fully saturated rings. The summed E-state index contributed by atoms with van der Waals surface area (Å²) in [4.78, 5) is 13.4. The Balaban J connectivity index is 1.41. The molecule has 27 heavy (non-hydrogen) atoms. The van der Waals surface area contributed by atoms with E-state index in [9.17, 15) is 4.79 Å². The van der Waals surface area contributed by atoms with Crippen molar-refractivity contribution in [2.45, 2.75) is 76.8 Å². The van der Waals surface area contributed by atoms with Crippen molar-refractivity contribution in [3.63, 3.8) is 0 Å². The lowest BCUT2D eigenvalue weighted by atomic mass is 9.53. The molecule has 4 bridgehead atoms. The molecule has 3 heteroatoms. The molecule has 1 N–H and O–H groups in total. The van der Waals surface area contributed by atoms with Gasteiger partial charge in [-0.3, -0.25) is 4.79 Å². The Hall–Kier alpha value is -1.77. The van der Waals surface area contributed by atoms with Crippen molar-refractivity contribution in [3.8, 4) is 0 Å². The van der Waals surface area contributed by atoms with Gasteiger partial charge in [0, 0.05) is 29.2 Å². The van der Waals surface area contributed by atoms with Gasteiger partial charge < -0.3 is 9.88 Å². The average Bonchev–Trinajstić information content (AvgIpc) is 3.00. The van der Waals surface area contributed by atoms with Gasteiger partial charge in [0.05, 0.1) is 5.56 Å². The van der Waals surface area contributed by atoms with Crippen molar-refractivity contribution in [2.75, 3.05) is 0 Å². The number of para-hydroxylation sites is 1. The summed E-state index contributed by atoms with van der Waals surface area (Å²) in [6.07, 6.45) is 13.6. The number of nitrogens with one attached hydrogen (secondary N) is 1. The summed E-state index contributed by atoms with van der Waals surface area (Å²) >= 11 is 0. The molecule has 3 nitrogen and oxygen atoms in total. The molecule has 0 spiro atoms. The highest BCUT2D eigenvalue weighted by Crippen LogP contribution is 2.55. The molecule has 2 aromatic rings. The van der Waals surface area contributed by atoms with Crippen molar-refractivity contribution in [1.82, 2.24) is 9.88 Å². The molecule has 1 aromatic carbocycles. The number of amides is 1. The fourth-order valence-electron chi connectivity index (χ4n) is 6.72. The fraction of sp³-hybridized carbons (Fsp3) is 0.625. The molecular weight excluding hydrogens is 332 g/mol. The van der Waals surface area contributed by atoms with Crippen molar-refractivity contribution in [3.05, 3.63) is 36.0 Å². The SMILES string of the molecule is CCCCCn1cc(C(=O)NC23CC4CC(CC(C4)C2)C3)c2ccccc21. The third kappa shape index (κ3) is 3.09. The number of hydrogen-bond donors (Lipinski definition) is 1. The van der Waals surface area contributed by atoms with Crippen LogP contribution < -0.4 is 5.32 Å². The van der Waals surface area contributed by atoms with Crippen LogP contribution in [-0.4, -0.2) is 16.0 Å². The molecule has 0 atom stereocenters. The molecule has 1 amide bonds. The average molecular weight is 365 g/mol. The van der Waals surface area contributed by atoms with Crippen LogP contribution in [0.5, 0.6) is 0 Å². The summed E-state index contributed by atoms with van der Waals surface area (Å²) in [5, 5.41) is 4.67. The first-order chi connectivity index (χ1) is 13.2. The van der Waals surface area contributed by atoms with Crippen molar-refractivity contribution in [1.29, 1.82) is 0 Å². The maximum Gasteiger partial charge on any atom is 0.253 e. The van der Waals surface area contributed by atoms with E-state index in [0.717, 1.165) is 35.2 Å². The second-order valence-electron chi connectivity index (χ2n) is 9.61. The van der Waals surface area contributed by atoms with Gasteiger partial charge in [-0.25, -0.2) is 0 Å². The number of unbranched alkanes of at least 4 members (excludes halogenated alkanes) is 2. The third-order valence-corrected chi connectivity index (χ3v) is 7.45. The molecule has 4 aliphatic carbocycles. The highest BCUT2D eigenvalue weighted by Gasteiger charge is 2.51. The lowest BCUT2D eigenvalue weighted by molar-refractivity contribution is -0.0166. The number of carbonyl (C=O) groups is 1. The molecule has 0 unspecified atom stereocenters. The van der Waals surface area contributed by atoms with E-state index in [1.165, 1.54) is 63.3 Å². The van der Waals surface area contributed by atoms with E-state index in [1.54, 1.807) is 0 Å². The van der Waals surface area contributed by atoms with Crippen LogP contribution in [0.15, 0.2) is 30.5 Å². The molecule has 4 aliphatic rings. The van der Waals surface area contributed by atoms with Crippen molar-refractivity contribution < 1.29 is 4.79 Å². The van der Waals surface area contributed by atoms with Gasteiger partial charge in [0.1, 0.15) is 0 Å². The van der Waals surface area contributed by atoms with E-state index < -0.39 is 0 Å². The highest BCUT2D eigenvalue weighted by atomic mass is 16.1. The van der Waals surface area contributed by atoms with Gasteiger partial charge in [0.15, 0.2) is 0 Å². The van der Waals surface area contributed by atoms with Gasteiger partial charge in [-0.15, -0.1) is 0 Å². The number of carbonyl (C=O) groups excluding carboxylic acids is 1. The van der Waals surface area contributed by atoms with E-state index in [0.29, 0.717) is 0 Å². The predicted molar refractivity (Wildman–Crippen MR) is 110 cm³/mol. The first-order valence-electron chi connectivity index (χ1n) is 11.1. The first-order valence-corrected chi connectivity index (χ1v) is 11.1. The molecule has 0 aliphatic heterocycles. The zero-order chi connectivity index (χ0) is 18.4. The van der Waals surface area contributed by atoms with Gasteiger partial charge in [-0.05, 0) is 68.8 Å². The maximum absolute atomic E-state index is 13.4. The molecule has 0 radical (unpaired) electrons. The molecule has 1 aromatic heterocycles. The van der Waals surface area contributed by atoms with Gasteiger partial charge in [0.25, 0.3) is 5.91 Å². The van der Waals surface area contributed by atoms with E-state index in [1.807, 2.05) is 0 Å². The Morgan fingerprint density at radius 3 is 2.41 bits per heavy atom. The smallest absolute Gasteiger partial charge is 0.253 e. The van der Waals surface area contributed by atoms with Gasteiger partial charge in [-0.1, -0.05) is 38.0 Å². The summed E-state index contributed by atoms with van der Waals surface area (Å²) in [5.41, 5.74) is 2.15. The predicted octanol–water partition coefficient (Wildman–Crippen LogP) is 5.53. The minimum atomic E-state index is 0.0806. The second-order valence-corrected chi connectivity index (χ2v) is 9.61. The van der Waals surface area contributed by atoms with Crippen LogP contribution in [0.4, 0.5) is 0 Å². The van der Waals surface area contributed by atoms with Crippen molar-refractivity contribution >= 4 is 16.8 Å². The number of fused-ring (bicyclic) bond motifs is 1.